The molecule has 1 aromatic heterocycles. The van der Waals surface area contributed by atoms with Gasteiger partial charge in [0.2, 0.25) is 5.91 Å². The summed E-state index contributed by atoms with van der Waals surface area (Å²) in [7, 11) is 0. The molecule has 2 aromatic rings. The van der Waals surface area contributed by atoms with Gasteiger partial charge in [0.15, 0.2) is 0 Å². The molecule has 0 unspecified atom stereocenters. The Morgan fingerprint density at radius 1 is 1.33 bits per heavy atom. The number of nitrogens with zero attached hydrogens (tertiary/aromatic N) is 1. The van der Waals surface area contributed by atoms with Gasteiger partial charge in [-0.2, -0.15) is 0 Å². The van der Waals surface area contributed by atoms with Crippen LogP contribution in [-0.4, -0.2) is 17.4 Å². The fourth-order valence-electron chi connectivity index (χ4n) is 2.03. The number of benzene rings is 1. The van der Waals surface area contributed by atoms with Crippen LogP contribution in [0.1, 0.15) is 28.8 Å². The van der Waals surface area contributed by atoms with E-state index in [1.54, 1.807) is 11.3 Å². The Kier molecular flexibility index (Phi) is 5.75. The van der Waals surface area contributed by atoms with E-state index in [2.05, 4.69) is 17.2 Å². The molecule has 0 saturated heterocycles. The minimum Gasteiger partial charge on any atom is -0.399 e. The first-order chi connectivity index (χ1) is 10.2. The van der Waals surface area contributed by atoms with Crippen molar-refractivity contribution < 1.29 is 4.79 Å². The van der Waals surface area contributed by atoms with Crippen LogP contribution >= 0.6 is 11.3 Å². The van der Waals surface area contributed by atoms with Crippen LogP contribution in [0.4, 0.5) is 5.69 Å². The molecular formula is C16H21N3OS. The zero-order valence-electron chi connectivity index (χ0n) is 12.3. The summed E-state index contributed by atoms with van der Waals surface area (Å²) in [6.45, 7) is 2.76. The van der Waals surface area contributed by atoms with Crippen LogP contribution in [0.15, 0.2) is 30.5 Å². The topological polar surface area (TPSA) is 68.0 Å². The minimum atomic E-state index is 0.0607. The van der Waals surface area contributed by atoms with Crippen molar-refractivity contribution in [2.45, 2.75) is 32.6 Å². The second kappa shape index (κ2) is 7.78. The standard InChI is InChI=1S/C16H21N3OS/c1-2-13-11-19-16(21-13)9-10-18-15(20)8-7-12-5-3-4-6-14(12)17/h3-6,11H,2,7-10,17H2,1H3,(H,18,20). The molecule has 0 saturated carbocycles. The third-order valence-corrected chi connectivity index (χ3v) is 4.49. The second-order valence-corrected chi connectivity index (χ2v) is 6.07. The summed E-state index contributed by atoms with van der Waals surface area (Å²) in [6.07, 6.45) is 4.87. The van der Waals surface area contributed by atoms with E-state index in [-0.39, 0.29) is 5.91 Å². The van der Waals surface area contributed by atoms with Gasteiger partial charge in [0.1, 0.15) is 0 Å². The Labute approximate surface area is 129 Å². The molecule has 0 spiro atoms. The Hall–Kier alpha value is -1.88. The van der Waals surface area contributed by atoms with Gasteiger partial charge in [0.05, 0.1) is 5.01 Å². The smallest absolute Gasteiger partial charge is 0.220 e. The zero-order chi connectivity index (χ0) is 15.1. The highest BCUT2D eigenvalue weighted by atomic mass is 32.1. The highest BCUT2D eigenvalue weighted by molar-refractivity contribution is 7.11. The van der Waals surface area contributed by atoms with E-state index in [4.69, 9.17) is 5.73 Å². The summed E-state index contributed by atoms with van der Waals surface area (Å²) in [4.78, 5) is 17.4. The van der Waals surface area contributed by atoms with Crippen molar-refractivity contribution >= 4 is 22.9 Å². The van der Waals surface area contributed by atoms with Crippen molar-refractivity contribution in [3.05, 3.63) is 45.9 Å². The molecule has 1 aromatic carbocycles. The second-order valence-electron chi connectivity index (χ2n) is 4.87. The molecule has 2 rings (SSSR count). The normalized spacial score (nSPS) is 10.5. The first-order valence-electron chi connectivity index (χ1n) is 7.22. The van der Waals surface area contributed by atoms with Crippen LogP contribution < -0.4 is 11.1 Å². The lowest BCUT2D eigenvalue weighted by Gasteiger charge is -2.06. The van der Waals surface area contributed by atoms with Gasteiger partial charge in [0.25, 0.3) is 0 Å². The number of hydrogen-bond donors (Lipinski definition) is 2. The summed E-state index contributed by atoms with van der Waals surface area (Å²) >= 11 is 1.72. The number of para-hydroxylation sites is 1. The third kappa shape index (κ3) is 4.86. The fourth-order valence-corrected chi connectivity index (χ4v) is 2.90. The predicted molar refractivity (Wildman–Crippen MR) is 87.4 cm³/mol. The number of amides is 1. The summed E-state index contributed by atoms with van der Waals surface area (Å²) in [5, 5.41) is 4.02. The highest BCUT2D eigenvalue weighted by Crippen LogP contribution is 2.14. The van der Waals surface area contributed by atoms with E-state index < -0.39 is 0 Å². The Morgan fingerprint density at radius 3 is 2.86 bits per heavy atom. The number of nitrogens with one attached hydrogen (secondary N) is 1. The number of aryl methyl sites for hydroxylation is 2. The lowest BCUT2D eigenvalue weighted by molar-refractivity contribution is -0.121. The number of rotatable bonds is 7. The third-order valence-electron chi connectivity index (χ3n) is 3.29. The van der Waals surface area contributed by atoms with Crippen molar-refractivity contribution in [1.82, 2.24) is 10.3 Å². The average molecular weight is 303 g/mol. The van der Waals surface area contributed by atoms with Gasteiger partial charge in [-0.25, -0.2) is 4.98 Å². The lowest BCUT2D eigenvalue weighted by atomic mass is 10.1. The monoisotopic (exact) mass is 303 g/mol. The van der Waals surface area contributed by atoms with Crippen molar-refractivity contribution in [3.63, 3.8) is 0 Å². The first-order valence-corrected chi connectivity index (χ1v) is 8.04. The van der Waals surface area contributed by atoms with Crippen molar-refractivity contribution in [3.8, 4) is 0 Å². The minimum absolute atomic E-state index is 0.0607. The number of carbonyl (C=O) groups excluding carboxylic acids is 1. The van der Waals surface area contributed by atoms with Crippen LogP contribution in [-0.2, 0) is 24.1 Å². The quantitative estimate of drug-likeness (QED) is 0.773. The SMILES string of the molecule is CCc1cnc(CCNC(=O)CCc2ccccc2N)s1. The molecule has 1 heterocycles. The number of aromatic nitrogens is 1. The van der Waals surface area contributed by atoms with Crippen molar-refractivity contribution in [2.75, 3.05) is 12.3 Å². The molecule has 0 atom stereocenters. The molecule has 0 bridgehead atoms. The van der Waals surface area contributed by atoms with Crippen LogP contribution in [0.5, 0.6) is 0 Å². The van der Waals surface area contributed by atoms with E-state index in [9.17, 15) is 4.79 Å². The maximum atomic E-state index is 11.8. The molecule has 0 aliphatic heterocycles. The lowest BCUT2D eigenvalue weighted by Crippen LogP contribution is -2.25. The maximum Gasteiger partial charge on any atom is 0.220 e. The molecule has 5 heteroatoms. The Bertz CT molecular complexity index is 595. The predicted octanol–water partition coefficient (Wildman–Crippen LogP) is 2.58. The van der Waals surface area contributed by atoms with Gasteiger partial charge < -0.3 is 11.1 Å². The van der Waals surface area contributed by atoms with Gasteiger partial charge in [-0.1, -0.05) is 25.1 Å². The molecule has 21 heavy (non-hydrogen) atoms. The number of carbonyl (C=O) groups is 1. The van der Waals surface area contributed by atoms with Crippen LogP contribution in [0.25, 0.3) is 0 Å². The van der Waals surface area contributed by atoms with E-state index in [1.807, 2.05) is 30.5 Å². The molecule has 0 radical (unpaired) electrons. The summed E-state index contributed by atoms with van der Waals surface area (Å²) in [5.74, 6) is 0.0607. The summed E-state index contributed by atoms with van der Waals surface area (Å²) in [5.41, 5.74) is 7.64. The Balaban J connectivity index is 1.69. The zero-order valence-corrected chi connectivity index (χ0v) is 13.1. The molecule has 0 fully saturated rings. The summed E-state index contributed by atoms with van der Waals surface area (Å²) < 4.78 is 0. The molecule has 1 amide bonds. The van der Waals surface area contributed by atoms with Gasteiger partial charge >= 0.3 is 0 Å². The van der Waals surface area contributed by atoms with Gasteiger partial charge in [-0.3, -0.25) is 4.79 Å². The fraction of sp³-hybridized carbons (Fsp3) is 0.375. The number of hydrogen-bond acceptors (Lipinski definition) is 4. The Morgan fingerprint density at radius 2 is 2.14 bits per heavy atom. The number of nitrogens with two attached hydrogens (primary N) is 1. The first kappa shape index (κ1) is 15.5. The van der Waals surface area contributed by atoms with Crippen LogP contribution in [0.3, 0.4) is 0 Å². The molecule has 0 aliphatic carbocycles. The van der Waals surface area contributed by atoms with Crippen molar-refractivity contribution in [2.24, 2.45) is 0 Å². The van der Waals surface area contributed by atoms with E-state index in [1.165, 1.54) is 4.88 Å². The molecule has 3 N–H and O–H groups in total. The molecular weight excluding hydrogens is 282 g/mol. The van der Waals surface area contributed by atoms with E-state index in [0.29, 0.717) is 19.4 Å². The van der Waals surface area contributed by atoms with Gasteiger partial charge in [0, 0.05) is 36.1 Å². The van der Waals surface area contributed by atoms with Gasteiger partial charge in [-0.05, 0) is 24.5 Å². The molecule has 4 nitrogen and oxygen atoms in total. The summed E-state index contributed by atoms with van der Waals surface area (Å²) in [6, 6.07) is 7.67. The van der Waals surface area contributed by atoms with E-state index >= 15 is 0 Å². The largest absolute Gasteiger partial charge is 0.399 e. The average Bonchev–Trinajstić information content (AvgIpc) is 2.94. The van der Waals surface area contributed by atoms with Crippen LogP contribution in [0, 0.1) is 0 Å². The van der Waals surface area contributed by atoms with Gasteiger partial charge in [-0.15, -0.1) is 11.3 Å². The number of thiazole rings is 1. The highest BCUT2D eigenvalue weighted by Gasteiger charge is 2.05. The molecule has 112 valence electrons. The van der Waals surface area contributed by atoms with E-state index in [0.717, 1.165) is 29.1 Å². The molecule has 0 aliphatic rings. The maximum absolute atomic E-state index is 11.8. The van der Waals surface area contributed by atoms with Crippen LogP contribution in [0.2, 0.25) is 0 Å². The van der Waals surface area contributed by atoms with Crippen molar-refractivity contribution in [1.29, 1.82) is 0 Å². The number of anilines is 1. The number of nitrogen functional groups attached to an aromatic ring is 1.